The van der Waals surface area contributed by atoms with E-state index in [4.69, 9.17) is 17.0 Å². The number of rotatable bonds is 3. The summed E-state index contributed by atoms with van der Waals surface area (Å²) in [6.07, 6.45) is 1.13. The second-order valence-corrected chi connectivity index (χ2v) is 21.2. The Balaban J connectivity index is 0.000000255. The van der Waals surface area contributed by atoms with E-state index in [2.05, 4.69) is 161 Å². The molecule has 244 valence electrons. The van der Waals surface area contributed by atoms with Gasteiger partial charge in [-0.15, -0.1) is 40.1 Å². The monoisotopic (exact) mass is 754 g/mol. The van der Waals surface area contributed by atoms with Gasteiger partial charge in [0.15, 0.2) is 0 Å². The Hall–Kier alpha value is -1.83. The average Bonchev–Trinajstić information content (AvgIpc) is 3.56. The van der Waals surface area contributed by atoms with Crippen molar-refractivity contribution in [3.63, 3.8) is 0 Å². The van der Waals surface area contributed by atoms with Gasteiger partial charge >= 0.3 is 37.9 Å². The zero-order valence-corrected chi connectivity index (χ0v) is 35.1. The molecule has 0 spiro atoms. The molecule has 0 nitrogen and oxygen atoms in total. The van der Waals surface area contributed by atoms with E-state index < -0.39 is 20.8 Å². The van der Waals surface area contributed by atoms with E-state index >= 15 is 0 Å². The molecular formula is C43H50Cl2SiZr. The van der Waals surface area contributed by atoms with Crippen LogP contribution in [0.3, 0.4) is 0 Å². The molecule has 0 unspecified atom stereocenters. The van der Waals surface area contributed by atoms with Crippen molar-refractivity contribution in [3.05, 3.63) is 113 Å². The fourth-order valence-corrected chi connectivity index (χ4v) is 7.54. The van der Waals surface area contributed by atoms with Crippen LogP contribution in [0.5, 0.6) is 0 Å². The minimum Gasteiger partial charge on any atom is -0.184 e. The van der Waals surface area contributed by atoms with Crippen molar-refractivity contribution in [1.82, 2.24) is 0 Å². The van der Waals surface area contributed by atoms with Gasteiger partial charge in [0.25, 0.3) is 0 Å². The van der Waals surface area contributed by atoms with Crippen molar-refractivity contribution in [2.45, 2.75) is 98.8 Å². The Labute approximate surface area is 306 Å². The molecule has 0 amide bonds. The minimum absolute atomic E-state index is 0.0820. The quantitative estimate of drug-likeness (QED) is 0.125. The number of hydrogen-bond acceptors (Lipinski definition) is 0. The van der Waals surface area contributed by atoms with E-state index in [-0.39, 0.29) is 16.2 Å². The summed E-state index contributed by atoms with van der Waals surface area (Å²) in [6, 6.07) is 35.1. The zero-order chi connectivity index (χ0) is 34.7. The Kier molecular flexibility index (Phi) is 12.4. The molecule has 5 aromatic rings. The van der Waals surface area contributed by atoms with Crippen LogP contribution in [0.2, 0.25) is 0 Å². The summed E-state index contributed by atoms with van der Waals surface area (Å²) in [5, 5.41) is 5.61. The summed E-state index contributed by atoms with van der Waals surface area (Å²) >= 11 is -0.826. The molecule has 4 heteroatoms. The molecule has 0 saturated heterocycles. The summed E-state index contributed by atoms with van der Waals surface area (Å²) in [5.41, 5.74) is 11.6. The Bertz CT molecular complexity index is 1730. The normalized spacial score (nSPS) is 12.5. The van der Waals surface area contributed by atoms with Crippen molar-refractivity contribution >= 4 is 47.7 Å². The van der Waals surface area contributed by atoms with Crippen molar-refractivity contribution in [3.8, 4) is 22.3 Å². The molecule has 6 rings (SSSR count). The number of fused-ring (bicyclic) bond motifs is 4. The fraction of sp³-hybridized carbons (Fsp3) is 0.372. The van der Waals surface area contributed by atoms with Crippen molar-refractivity contribution < 1.29 is 20.8 Å². The second-order valence-electron chi connectivity index (χ2n) is 16.2. The second kappa shape index (κ2) is 15.4. The van der Waals surface area contributed by atoms with Gasteiger partial charge in [0.05, 0.1) is 9.52 Å². The third-order valence-electron chi connectivity index (χ3n) is 8.69. The van der Waals surface area contributed by atoms with Gasteiger partial charge in [0.2, 0.25) is 0 Å². The van der Waals surface area contributed by atoms with E-state index in [1.807, 2.05) is 6.07 Å². The van der Waals surface area contributed by atoms with Gasteiger partial charge in [-0.2, -0.15) is 35.5 Å². The average molecular weight is 757 g/mol. The molecular weight excluding hydrogens is 707 g/mol. The van der Waals surface area contributed by atoms with Crippen LogP contribution < -0.4 is 10.4 Å². The molecule has 0 N–H and O–H groups in total. The molecule has 0 atom stereocenters. The Morgan fingerprint density at radius 1 is 0.745 bits per heavy atom. The first-order valence-electron chi connectivity index (χ1n) is 16.7. The Morgan fingerprint density at radius 3 is 1.91 bits per heavy atom. The maximum Gasteiger partial charge on any atom is 0.0920 e. The Morgan fingerprint density at radius 2 is 1.34 bits per heavy atom. The molecule has 0 bridgehead atoms. The summed E-state index contributed by atoms with van der Waals surface area (Å²) in [5.74, 6) is 0.666. The van der Waals surface area contributed by atoms with Crippen molar-refractivity contribution in [2.75, 3.05) is 0 Å². The molecule has 1 aliphatic rings. The first-order chi connectivity index (χ1) is 21.9. The van der Waals surface area contributed by atoms with Crippen LogP contribution >= 0.6 is 17.0 Å². The van der Waals surface area contributed by atoms with Gasteiger partial charge in [0, 0.05) is 0 Å². The summed E-state index contributed by atoms with van der Waals surface area (Å²) in [6.45, 7) is 25.6. The van der Waals surface area contributed by atoms with Gasteiger partial charge in [-0.25, -0.2) is 0 Å². The van der Waals surface area contributed by atoms with E-state index in [9.17, 15) is 0 Å². The van der Waals surface area contributed by atoms with Gasteiger partial charge in [0.1, 0.15) is 0 Å². The fourth-order valence-electron chi connectivity index (χ4n) is 6.23. The minimum atomic E-state index is -0.826. The molecule has 1 aliphatic heterocycles. The maximum absolute atomic E-state index is 4.93. The molecule has 0 fully saturated rings. The maximum atomic E-state index is 4.93. The molecule has 2 radical (unpaired) electrons. The number of halogens is 2. The van der Waals surface area contributed by atoms with Crippen molar-refractivity contribution in [1.29, 1.82) is 0 Å². The van der Waals surface area contributed by atoms with Crippen LogP contribution in [0, 0.1) is 12.0 Å². The smallest absolute Gasteiger partial charge is 0.0920 e. The molecule has 1 heterocycles. The van der Waals surface area contributed by atoms with Gasteiger partial charge < -0.3 is 0 Å². The standard InChI is InChI=1S/C31H43.C12H7Si.2ClH.Zr/c1-20(2)14-21-15-22-12-13-27(31(9,10)11)28(26(22)16-21)23-17-24(29(3,4)5)19-25(18-23)30(6,7)8;1-3-7-11-9(5-1)10-6-2-4-8-12(10)13-11;;;/h12-13,15-20H,14H2,1-11H3;1-7H;2*1H;/q2*-1;;;+4/p-2. The third-order valence-corrected chi connectivity index (χ3v) is 10.1. The number of benzene rings is 4. The van der Waals surface area contributed by atoms with Crippen LogP contribution in [-0.2, 0) is 43.5 Å². The van der Waals surface area contributed by atoms with Gasteiger partial charge in [-0.05, 0) is 45.3 Å². The predicted molar refractivity (Wildman–Crippen MR) is 207 cm³/mol. The van der Waals surface area contributed by atoms with Crippen LogP contribution in [0.1, 0.15) is 98.4 Å². The van der Waals surface area contributed by atoms with E-state index in [1.165, 1.54) is 65.7 Å². The summed E-state index contributed by atoms with van der Waals surface area (Å²) in [7, 11) is 10.7. The van der Waals surface area contributed by atoms with E-state index in [0.29, 0.717) is 5.92 Å². The largest absolute Gasteiger partial charge is 0.184 e. The summed E-state index contributed by atoms with van der Waals surface area (Å²) < 4.78 is 0. The molecule has 47 heavy (non-hydrogen) atoms. The van der Waals surface area contributed by atoms with E-state index in [1.54, 1.807) is 0 Å². The van der Waals surface area contributed by atoms with Gasteiger partial charge in [-0.3, -0.25) is 0 Å². The van der Waals surface area contributed by atoms with Gasteiger partial charge in [-0.1, -0.05) is 141 Å². The SMILES string of the molecule is CC(C)Cc1cc2c(-c3cc(C(C)(C)C)cc(C(C)(C)C)c3)c(C(C)(C)C)ccc2[cH-]1.[Cl][Zr+2][Cl].[c-]1cccc2c1[Si]c1ccccc1-2. The van der Waals surface area contributed by atoms with Crippen LogP contribution in [0.15, 0.2) is 84.9 Å². The first kappa shape index (κ1) is 38.0. The van der Waals surface area contributed by atoms with Crippen LogP contribution in [-0.4, -0.2) is 9.52 Å². The molecule has 5 aromatic carbocycles. The molecule has 0 aliphatic carbocycles. The predicted octanol–water partition coefficient (Wildman–Crippen LogP) is 11.8. The van der Waals surface area contributed by atoms with Crippen LogP contribution in [0.25, 0.3) is 33.0 Å². The summed E-state index contributed by atoms with van der Waals surface area (Å²) in [4.78, 5) is 0. The van der Waals surface area contributed by atoms with Crippen LogP contribution in [0.4, 0.5) is 0 Å². The van der Waals surface area contributed by atoms with Crippen molar-refractivity contribution in [2.24, 2.45) is 5.92 Å². The number of hydrogen-bond donors (Lipinski definition) is 0. The zero-order valence-electron chi connectivity index (χ0n) is 30.1. The molecule has 0 saturated carbocycles. The first-order valence-corrected chi connectivity index (χ1v) is 24.0. The van der Waals surface area contributed by atoms with E-state index in [0.717, 1.165) is 15.9 Å². The molecule has 0 aromatic heterocycles. The topological polar surface area (TPSA) is 0 Å². The third kappa shape index (κ3) is 9.45.